The number of aromatic amines is 1. The summed E-state index contributed by atoms with van der Waals surface area (Å²) >= 11 is 0. The van der Waals surface area contributed by atoms with Gasteiger partial charge in [-0.3, -0.25) is 4.79 Å². The highest BCUT2D eigenvalue weighted by Gasteiger charge is 2.26. The Bertz CT molecular complexity index is 1560. The van der Waals surface area contributed by atoms with E-state index in [4.69, 9.17) is 20.6 Å². The largest absolute Gasteiger partial charge is 0.496 e. The smallest absolute Gasteiger partial charge is 0.164 e. The average Bonchev–Trinajstić information content (AvgIpc) is 3.46. The second kappa shape index (κ2) is 8.50. The lowest BCUT2D eigenvalue weighted by molar-refractivity contribution is -0.120. The van der Waals surface area contributed by atoms with Gasteiger partial charge in [0.25, 0.3) is 0 Å². The summed E-state index contributed by atoms with van der Waals surface area (Å²) in [5.74, 6) is 2.39. The van der Waals surface area contributed by atoms with Crippen molar-refractivity contribution in [2.75, 3.05) is 12.8 Å². The van der Waals surface area contributed by atoms with Gasteiger partial charge in [0.05, 0.1) is 29.6 Å². The van der Waals surface area contributed by atoms with Gasteiger partial charge in [0.2, 0.25) is 0 Å². The van der Waals surface area contributed by atoms with Crippen molar-refractivity contribution in [2.24, 2.45) is 0 Å². The summed E-state index contributed by atoms with van der Waals surface area (Å²) in [4.78, 5) is 28.7. The van der Waals surface area contributed by atoms with Gasteiger partial charge < -0.3 is 15.5 Å². The number of carbonyl (C=O) groups is 1. The highest BCUT2D eigenvalue weighted by molar-refractivity contribution is 5.99. The first-order chi connectivity index (χ1) is 17.1. The van der Waals surface area contributed by atoms with Gasteiger partial charge in [0.15, 0.2) is 5.65 Å². The monoisotopic (exact) mass is 467 g/mol. The van der Waals surface area contributed by atoms with Crippen molar-refractivity contribution in [3.63, 3.8) is 0 Å². The zero-order valence-corrected chi connectivity index (χ0v) is 19.4. The fourth-order valence-corrected chi connectivity index (χ4v) is 4.94. The maximum atomic E-state index is 11.8. The summed E-state index contributed by atoms with van der Waals surface area (Å²) in [6.45, 7) is 0. The van der Waals surface area contributed by atoms with E-state index in [1.165, 1.54) is 6.33 Å². The number of hydrogen-bond acceptors (Lipinski definition) is 7. The topological polar surface area (TPSA) is 125 Å². The summed E-state index contributed by atoms with van der Waals surface area (Å²) in [7, 11) is 1.67. The molecular weight excluding hydrogens is 442 g/mol. The molecule has 9 nitrogen and oxygen atoms in total. The second-order valence-electron chi connectivity index (χ2n) is 8.92. The number of anilines is 1. The molecule has 3 N–H and O–H groups in total. The Hall–Kier alpha value is -4.27. The molecule has 1 saturated carbocycles. The number of nitrogens with zero attached hydrogens (tertiary/aromatic N) is 5. The molecule has 3 aromatic heterocycles. The summed E-state index contributed by atoms with van der Waals surface area (Å²) in [6, 6.07) is 14.1. The predicted molar refractivity (Wildman–Crippen MR) is 133 cm³/mol. The van der Waals surface area contributed by atoms with E-state index in [9.17, 15) is 4.79 Å². The van der Waals surface area contributed by atoms with E-state index in [0.29, 0.717) is 36.5 Å². The molecule has 9 heteroatoms. The Balaban J connectivity index is 1.40. The normalized spacial score (nSPS) is 14.7. The Kier molecular flexibility index (Phi) is 5.17. The Morgan fingerprint density at radius 1 is 1.14 bits per heavy atom. The molecule has 0 aliphatic heterocycles. The van der Waals surface area contributed by atoms with E-state index in [2.05, 4.69) is 15.0 Å². The molecule has 0 amide bonds. The van der Waals surface area contributed by atoms with E-state index in [-0.39, 0.29) is 6.04 Å². The van der Waals surface area contributed by atoms with Crippen LogP contribution < -0.4 is 10.5 Å². The number of hydrogen-bond donors (Lipinski definition) is 2. The van der Waals surface area contributed by atoms with Crippen LogP contribution in [0.4, 0.5) is 5.82 Å². The molecule has 6 rings (SSSR count). The molecule has 3 heterocycles. The van der Waals surface area contributed by atoms with Gasteiger partial charge in [-0.05, 0) is 31.0 Å². The number of nitrogens with two attached hydrogens (primary N) is 1. The quantitative estimate of drug-likeness (QED) is 0.396. The van der Waals surface area contributed by atoms with Crippen LogP contribution in [-0.2, 0) is 11.2 Å². The Morgan fingerprint density at radius 2 is 1.97 bits per heavy atom. The average molecular weight is 468 g/mol. The van der Waals surface area contributed by atoms with Crippen LogP contribution in [0.15, 0.2) is 48.8 Å². The zero-order chi connectivity index (χ0) is 23.9. The third-order valence-corrected chi connectivity index (χ3v) is 6.73. The van der Waals surface area contributed by atoms with Gasteiger partial charge in [0.1, 0.15) is 35.2 Å². The molecule has 0 spiro atoms. The van der Waals surface area contributed by atoms with E-state index < -0.39 is 0 Å². The van der Waals surface area contributed by atoms with Crippen molar-refractivity contribution >= 4 is 33.7 Å². The third-order valence-electron chi connectivity index (χ3n) is 6.73. The van der Waals surface area contributed by atoms with Crippen molar-refractivity contribution in [1.29, 1.82) is 0 Å². The van der Waals surface area contributed by atoms with Crippen molar-refractivity contribution < 1.29 is 9.53 Å². The first kappa shape index (κ1) is 21.3. The lowest BCUT2D eigenvalue weighted by Crippen LogP contribution is -2.19. The number of benzene rings is 2. The fraction of sp³-hybridized carbons (Fsp3) is 0.269. The first-order valence-corrected chi connectivity index (χ1v) is 11.7. The molecule has 0 saturated heterocycles. The minimum atomic E-state index is 0.113. The van der Waals surface area contributed by atoms with E-state index in [1.807, 2.05) is 47.1 Å². The lowest BCUT2D eigenvalue weighted by Gasteiger charge is -2.21. The molecule has 0 unspecified atom stereocenters. The number of nitrogens with one attached hydrogen (secondary N) is 1. The van der Waals surface area contributed by atoms with Gasteiger partial charge in [-0.1, -0.05) is 24.3 Å². The fourth-order valence-electron chi connectivity index (χ4n) is 4.94. The number of carbonyl (C=O) groups excluding carboxylic acids is 1. The molecule has 5 aromatic rings. The summed E-state index contributed by atoms with van der Waals surface area (Å²) in [5.41, 5.74) is 11.5. The third kappa shape index (κ3) is 3.78. The van der Waals surface area contributed by atoms with E-state index >= 15 is 0 Å². The van der Waals surface area contributed by atoms with Gasteiger partial charge in [-0.15, -0.1) is 0 Å². The number of imidazole rings is 1. The predicted octanol–water partition coefficient (Wildman–Crippen LogP) is 4.24. The highest BCUT2D eigenvalue weighted by Crippen LogP contribution is 2.36. The van der Waals surface area contributed by atoms with Crippen molar-refractivity contribution in [3.05, 3.63) is 60.2 Å². The molecule has 35 heavy (non-hydrogen) atoms. The number of aromatic nitrogens is 6. The van der Waals surface area contributed by atoms with Crippen LogP contribution in [0.25, 0.3) is 33.3 Å². The van der Waals surface area contributed by atoms with Gasteiger partial charge in [-0.25, -0.2) is 19.6 Å². The van der Waals surface area contributed by atoms with Gasteiger partial charge in [0, 0.05) is 30.4 Å². The van der Waals surface area contributed by atoms with E-state index in [1.54, 1.807) is 7.11 Å². The molecule has 0 atom stereocenters. The molecule has 0 bridgehead atoms. The Morgan fingerprint density at radius 3 is 2.80 bits per heavy atom. The zero-order valence-electron chi connectivity index (χ0n) is 19.4. The van der Waals surface area contributed by atoms with Gasteiger partial charge in [-0.2, -0.15) is 5.10 Å². The lowest BCUT2D eigenvalue weighted by atomic mass is 9.94. The van der Waals surface area contributed by atoms with Crippen molar-refractivity contribution in [1.82, 2.24) is 29.7 Å². The van der Waals surface area contributed by atoms with Crippen LogP contribution >= 0.6 is 0 Å². The van der Waals surface area contributed by atoms with Crippen LogP contribution in [0.3, 0.4) is 0 Å². The Labute approximate surface area is 201 Å². The second-order valence-corrected chi connectivity index (χ2v) is 8.92. The van der Waals surface area contributed by atoms with Crippen molar-refractivity contribution in [3.8, 4) is 17.0 Å². The minimum absolute atomic E-state index is 0.113. The maximum Gasteiger partial charge on any atom is 0.164 e. The van der Waals surface area contributed by atoms with Crippen LogP contribution in [0, 0.1) is 0 Å². The molecule has 0 radical (unpaired) electrons. The number of nitrogen functional groups attached to an aromatic ring is 1. The molecular formula is C26H25N7O2. The number of H-pyrrole nitrogens is 1. The molecule has 176 valence electrons. The van der Waals surface area contributed by atoms with Crippen LogP contribution in [-0.4, -0.2) is 42.6 Å². The number of ketones is 1. The SMILES string of the molecule is COc1ccccc1Cc1nc2ccc(-c3nn(C4CCC(=O)CC4)c4ncnc(N)c34)cc2[nH]1. The molecule has 1 aliphatic rings. The van der Waals surface area contributed by atoms with Crippen LogP contribution in [0.1, 0.15) is 43.1 Å². The van der Waals surface area contributed by atoms with Crippen LogP contribution in [0.2, 0.25) is 0 Å². The summed E-state index contributed by atoms with van der Waals surface area (Å²) in [5, 5.41) is 5.68. The maximum absolute atomic E-state index is 11.8. The number of para-hydroxylation sites is 1. The molecule has 2 aromatic carbocycles. The van der Waals surface area contributed by atoms with Crippen LogP contribution in [0.5, 0.6) is 5.75 Å². The summed E-state index contributed by atoms with van der Waals surface area (Å²) < 4.78 is 7.41. The first-order valence-electron chi connectivity index (χ1n) is 11.7. The van der Waals surface area contributed by atoms with E-state index in [0.717, 1.165) is 57.7 Å². The number of methoxy groups -OCH3 is 1. The van der Waals surface area contributed by atoms with Gasteiger partial charge >= 0.3 is 0 Å². The number of rotatable bonds is 5. The number of Topliss-reactive ketones (excluding diaryl/α,β-unsaturated/α-hetero) is 1. The molecule has 1 aliphatic carbocycles. The minimum Gasteiger partial charge on any atom is -0.496 e. The number of ether oxygens (including phenoxy) is 1. The highest BCUT2D eigenvalue weighted by atomic mass is 16.5. The molecule has 1 fully saturated rings. The number of fused-ring (bicyclic) bond motifs is 2. The standard InChI is InChI=1S/C26H25N7O2/c1-35-21-5-3-2-4-15(21)13-22-30-19-11-6-16(12-20(19)31-22)24-23-25(27)28-14-29-26(23)33(32-24)17-7-9-18(34)10-8-17/h2-6,11-12,14,17H,7-10,13H2,1H3,(H,30,31)(H2,27,28,29). The van der Waals surface area contributed by atoms with Crippen molar-refractivity contribution in [2.45, 2.75) is 38.1 Å². The summed E-state index contributed by atoms with van der Waals surface area (Å²) in [6.07, 6.45) is 4.74.